The quantitative estimate of drug-likeness (QED) is 0.676. The number of hydrogen-bond acceptors (Lipinski definition) is 4. The van der Waals surface area contributed by atoms with Crippen LogP contribution in [-0.4, -0.2) is 28.8 Å². The second-order valence-corrected chi connectivity index (χ2v) is 6.29. The molecule has 1 heterocycles. The van der Waals surface area contributed by atoms with Crippen molar-refractivity contribution in [3.63, 3.8) is 0 Å². The molecule has 0 saturated carbocycles. The highest BCUT2D eigenvalue weighted by molar-refractivity contribution is 6.39. The molecule has 0 bridgehead atoms. The lowest BCUT2D eigenvalue weighted by Crippen LogP contribution is -2.18. The lowest BCUT2D eigenvalue weighted by atomic mass is 9.90. The van der Waals surface area contributed by atoms with Crippen LogP contribution in [0.25, 0.3) is 11.1 Å². The second kappa shape index (κ2) is 7.07. The standard InChI is InChI=1S/C19H19ClN4O/c1-22-19(17-16(21)8-7-14(11-25)18(17)20)13-5-3-12(4-6-13)15-9-23-24(2)10-15/h3-6,9-11H,7-8,21H2,1-2H3. The average molecular weight is 355 g/mol. The molecular formula is C19H19ClN4O. The molecule has 1 aliphatic rings. The first-order chi connectivity index (χ1) is 12.0. The molecule has 1 aliphatic carbocycles. The zero-order valence-electron chi connectivity index (χ0n) is 14.2. The summed E-state index contributed by atoms with van der Waals surface area (Å²) >= 11 is 6.42. The number of allylic oxidation sites excluding steroid dienone is 4. The van der Waals surface area contributed by atoms with Gasteiger partial charge in [-0.1, -0.05) is 35.9 Å². The van der Waals surface area contributed by atoms with Gasteiger partial charge in [0.1, 0.15) is 6.29 Å². The highest BCUT2D eigenvalue weighted by Crippen LogP contribution is 2.33. The van der Waals surface area contributed by atoms with Gasteiger partial charge < -0.3 is 5.73 Å². The molecule has 0 unspecified atom stereocenters. The highest BCUT2D eigenvalue weighted by atomic mass is 35.5. The fraction of sp³-hybridized carbons (Fsp3) is 0.211. The molecule has 0 atom stereocenters. The maximum Gasteiger partial charge on any atom is 0.147 e. The van der Waals surface area contributed by atoms with Crippen LogP contribution < -0.4 is 5.73 Å². The summed E-state index contributed by atoms with van der Waals surface area (Å²) in [6.45, 7) is 0. The molecule has 0 radical (unpaired) electrons. The predicted octanol–water partition coefficient (Wildman–Crippen LogP) is 3.20. The van der Waals surface area contributed by atoms with Crippen molar-refractivity contribution in [3.8, 4) is 11.1 Å². The smallest absolute Gasteiger partial charge is 0.147 e. The number of carbonyl (C=O) groups excluding carboxylic acids is 1. The van der Waals surface area contributed by atoms with Gasteiger partial charge in [-0.3, -0.25) is 14.5 Å². The first-order valence-corrected chi connectivity index (χ1v) is 8.32. The van der Waals surface area contributed by atoms with Crippen molar-refractivity contribution in [2.45, 2.75) is 12.8 Å². The number of halogens is 1. The van der Waals surface area contributed by atoms with Crippen molar-refractivity contribution in [1.29, 1.82) is 0 Å². The lowest BCUT2D eigenvalue weighted by Gasteiger charge is -2.20. The molecule has 0 amide bonds. The molecule has 0 saturated heterocycles. The summed E-state index contributed by atoms with van der Waals surface area (Å²) in [6, 6.07) is 7.97. The second-order valence-electron chi connectivity index (χ2n) is 5.91. The normalized spacial score (nSPS) is 15.7. The van der Waals surface area contributed by atoms with E-state index in [9.17, 15) is 4.79 Å². The largest absolute Gasteiger partial charge is 0.401 e. The van der Waals surface area contributed by atoms with Gasteiger partial charge >= 0.3 is 0 Å². The van der Waals surface area contributed by atoms with Crippen LogP contribution in [-0.2, 0) is 11.8 Å². The third kappa shape index (κ3) is 3.28. The van der Waals surface area contributed by atoms with Crippen molar-refractivity contribution in [2.24, 2.45) is 17.8 Å². The van der Waals surface area contributed by atoms with E-state index in [1.54, 1.807) is 11.7 Å². The van der Waals surface area contributed by atoms with Gasteiger partial charge in [-0.2, -0.15) is 5.10 Å². The number of aldehydes is 1. The van der Waals surface area contributed by atoms with Crippen molar-refractivity contribution in [1.82, 2.24) is 9.78 Å². The van der Waals surface area contributed by atoms with Gasteiger partial charge in [0.05, 0.1) is 16.9 Å². The molecule has 0 aliphatic heterocycles. The third-order valence-corrected chi connectivity index (χ3v) is 4.72. The lowest BCUT2D eigenvalue weighted by molar-refractivity contribution is -0.105. The van der Waals surface area contributed by atoms with E-state index in [1.807, 2.05) is 43.7 Å². The van der Waals surface area contributed by atoms with E-state index in [1.165, 1.54) is 0 Å². The SMILES string of the molecule is CN=C(C1=C(N)CCC(C=O)=C1Cl)c1ccc(-c2cnn(C)c2)cc1. The van der Waals surface area contributed by atoms with Crippen LogP contribution in [0, 0.1) is 0 Å². The van der Waals surface area contributed by atoms with Gasteiger partial charge in [-0.25, -0.2) is 0 Å². The molecule has 0 fully saturated rings. The average Bonchev–Trinajstić information content (AvgIpc) is 3.05. The zero-order valence-corrected chi connectivity index (χ0v) is 14.9. The summed E-state index contributed by atoms with van der Waals surface area (Å²) in [7, 11) is 3.58. The molecule has 1 aromatic carbocycles. The van der Waals surface area contributed by atoms with Crippen LogP contribution in [0.1, 0.15) is 18.4 Å². The minimum Gasteiger partial charge on any atom is -0.401 e. The number of aromatic nitrogens is 2. The van der Waals surface area contributed by atoms with Crippen molar-refractivity contribution < 1.29 is 4.79 Å². The van der Waals surface area contributed by atoms with Crippen LogP contribution in [0.5, 0.6) is 0 Å². The predicted molar refractivity (Wildman–Crippen MR) is 100 cm³/mol. The molecule has 3 rings (SSSR count). The third-order valence-electron chi connectivity index (χ3n) is 4.29. The number of aryl methyl sites for hydroxylation is 1. The Kier molecular flexibility index (Phi) is 4.86. The molecular weight excluding hydrogens is 336 g/mol. The minimum absolute atomic E-state index is 0.399. The van der Waals surface area contributed by atoms with Gasteiger partial charge in [-0.05, 0) is 18.4 Å². The summed E-state index contributed by atoms with van der Waals surface area (Å²) in [5.74, 6) is 0. The van der Waals surface area contributed by atoms with Gasteiger partial charge in [-0.15, -0.1) is 0 Å². The topological polar surface area (TPSA) is 73.3 Å². The number of carbonyl (C=O) groups is 1. The zero-order chi connectivity index (χ0) is 18.0. The Hall–Kier alpha value is -2.66. The fourth-order valence-corrected chi connectivity index (χ4v) is 3.30. The summed E-state index contributed by atoms with van der Waals surface area (Å²) in [6.07, 6.45) is 5.75. The van der Waals surface area contributed by atoms with E-state index in [2.05, 4.69) is 10.1 Å². The van der Waals surface area contributed by atoms with E-state index < -0.39 is 0 Å². The minimum atomic E-state index is 0.399. The number of rotatable bonds is 4. The van der Waals surface area contributed by atoms with Gasteiger partial charge in [0.25, 0.3) is 0 Å². The Bertz CT molecular complexity index is 904. The Morgan fingerprint density at radius 3 is 2.56 bits per heavy atom. The maximum atomic E-state index is 11.2. The Balaban J connectivity index is 1.99. The van der Waals surface area contributed by atoms with Crippen molar-refractivity contribution >= 4 is 23.6 Å². The maximum absolute atomic E-state index is 11.2. The Morgan fingerprint density at radius 1 is 1.28 bits per heavy atom. The summed E-state index contributed by atoms with van der Waals surface area (Å²) in [4.78, 5) is 15.6. The molecule has 2 aromatic rings. The van der Waals surface area contributed by atoms with E-state index >= 15 is 0 Å². The van der Waals surface area contributed by atoms with Crippen LogP contribution >= 0.6 is 11.6 Å². The van der Waals surface area contributed by atoms with Crippen LogP contribution in [0.2, 0.25) is 0 Å². The Labute approximate surface area is 151 Å². The number of benzene rings is 1. The van der Waals surface area contributed by atoms with Gasteiger partial charge in [0.15, 0.2) is 0 Å². The van der Waals surface area contributed by atoms with Gasteiger partial charge in [0, 0.05) is 48.3 Å². The van der Waals surface area contributed by atoms with Crippen LogP contribution in [0.4, 0.5) is 0 Å². The number of hydrogen-bond donors (Lipinski definition) is 1. The fourth-order valence-electron chi connectivity index (χ4n) is 2.95. The summed E-state index contributed by atoms with van der Waals surface area (Å²) in [5.41, 5.74) is 11.8. The number of nitrogens with two attached hydrogens (primary N) is 1. The van der Waals surface area contributed by atoms with Crippen molar-refractivity contribution in [3.05, 3.63) is 64.1 Å². The molecule has 128 valence electrons. The van der Waals surface area contributed by atoms with E-state index in [-0.39, 0.29) is 0 Å². The van der Waals surface area contributed by atoms with Crippen LogP contribution in [0.3, 0.4) is 0 Å². The van der Waals surface area contributed by atoms with E-state index in [0.29, 0.717) is 40.4 Å². The summed E-state index contributed by atoms with van der Waals surface area (Å²) in [5, 5.41) is 4.59. The summed E-state index contributed by atoms with van der Waals surface area (Å²) < 4.78 is 1.77. The van der Waals surface area contributed by atoms with Crippen LogP contribution in [0.15, 0.2) is 63.5 Å². The monoisotopic (exact) mass is 354 g/mol. The van der Waals surface area contributed by atoms with E-state index in [4.69, 9.17) is 17.3 Å². The molecule has 6 heteroatoms. The number of nitrogens with zero attached hydrogens (tertiary/aromatic N) is 3. The first kappa shape index (κ1) is 17.2. The number of aliphatic imine (C=N–C) groups is 1. The highest BCUT2D eigenvalue weighted by Gasteiger charge is 2.23. The molecule has 1 aromatic heterocycles. The molecule has 0 spiro atoms. The molecule has 5 nitrogen and oxygen atoms in total. The molecule has 25 heavy (non-hydrogen) atoms. The molecule has 2 N–H and O–H groups in total. The van der Waals surface area contributed by atoms with Gasteiger partial charge in [0.2, 0.25) is 0 Å². The first-order valence-electron chi connectivity index (χ1n) is 7.94. The van der Waals surface area contributed by atoms with E-state index in [0.717, 1.165) is 23.0 Å². The Morgan fingerprint density at radius 2 is 2.00 bits per heavy atom. The van der Waals surface area contributed by atoms with Crippen molar-refractivity contribution in [2.75, 3.05) is 7.05 Å².